The van der Waals surface area contributed by atoms with Crippen molar-refractivity contribution in [3.05, 3.63) is 0 Å². The maximum Gasteiger partial charge on any atom is 0.328 e. The summed E-state index contributed by atoms with van der Waals surface area (Å²) in [6.07, 6.45) is 0.153. The smallest absolute Gasteiger partial charge is 0.328 e. The molecule has 1 aliphatic rings. The molecule has 80 valence electrons. The number of carbonyl (C=O) groups is 2. The maximum absolute atomic E-state index is 11.3. The van der Waals surface area contributed by atoms with Crippen LogP contribution in [0.2, 0.25) is 0 Å². The fourth-order valence-electron chi connectivity index (χ4n) is 1.54. The van der Waals surface area contributed by atoms with Crippen molar-refractivity contribution in [2.45, 2.75) is 12.5 Å². The van der Waals surface area contributed by atoms with Crippen LogP contribution in [0.25, 0.3) is 0 Å². The summed E-state index contributed by atoms with van der Waals surface area (Å²) in [6.45, 7) is -0.536. The molecule has 6 nitrogen and oxygen atoms in total. The Bertz CT molecular complexity index is 242. The summed E-state index contributed by atoms with van der Waals surface area (Å²) in [5.74, 6) is -1.76. The summed E-state index contributed by atoms with van der Waals surface area (Å²) in [5.41, 5.74) is 0. The zero-order valence-electron chi connectivity index (χ0n) is 7.59. The third-order valence-corrected chi connectivity index (χ3v) is 2.33. The highest BCUT2D eigenvalue weighted by Crippen LogP contribution is 2.19. The molecule has 6 heteroatoms. The van der Waals surface area contributed by atoms with Crippen molar-refractivity contribution in [2.24, 2.45) is 5.92 Å². The van der Waals surface area contributed by atoms with E-state index in [2.05, 4.69) is 0 Å². The van der Waals surface area contributed by atoms with Gasteiger partial charge in [0, 0.05) is 25.5 Å². The molecule has 1 heterocycles. The van der Waals surface area contributed by atoms with E-state index in [1.165, 1.54) is 0 Å². The highest BCUT2D eigenvalue weighted by Gasteiger charge is 2.36. The Kier molecular flexibility index (Phi) is 3.43. The Morgan fingerprint density at radius 2 is 2.21 bits per heavy atom. The molecule has 0 aliphatic carbocycles. The monoisotopic (exact) mass is 203 g/mol. The Hall–Kier alpha value is -1.14. The van der Waals surface area contributed by atoms with Crippen LogP contribution in [-0.4, -0.2) is 57.9 Å². The summed E-state index contributed by atoms with van der Waals surface area (Å²) in [5, 5.41) is 26.3. The van der Waals surface area contributed by atoms with E-state index in [0.29, 0.717) is 0 Å². The highest BCUT2D eigenvalue weighted by atomic mass is 16.4. The van der Waals surface area contributed by atoms with E-state index >= 15 is 0 Å². The van der Waals surface area contributed by atoms with Gasteiger partial charge in [-0.3, -0.25) is 4.79 Å². The fraction of sp³-hybridized carbons (Fsp3) is 0.750. The molecule has 14 heavy (non-hydrogen) atoms. The van der Waals surface area contributed by atoms with Gasteiger partial charge in [0.1, 0.15) is 0 Å². The van der Waals surface area contributed by atoms with Crippen LogP contribution in [0.15, 0.2) is 0 Å². The van der Waals surface area contributed by atoms with Crippen LogP contribution in [0.4, 0.5) is 0 Å². The minimum absolute atomic E-state index is 0.139. The van der Waals surface area contributed by atoms with Crippen LogP contribution in [0.5, 0.6) is 0 Å². The largest absolute Gasteiger partial charge is 0.480 e. The topological polar surface area (TPSA) is 98.1 Å². The number of carbonyl (C=O) groups excluding carboxylic acids is 1. The molecule has 1 fully saturated rings. The number of rotatable bonds is 4. The molecule has 2 atom stereocenters. The van der Waals surface area contributed by atoms with Crippen LogP contribution in [0.3, 0.4) is 0 Å². The molecule has 0 aromatic rings. The van der Waals surface area contributed by atoms with E-state index in [9.17, 15) is 9.59 Å². The number of hydrogen-bond acceptors (Lipinski definition) is 4. The number of hydrogen-bond donors (Lipinski definition) is 3. The van der Waals surface area contributed by atoms with E-state index in [1.807, 2.05) is 0 Å². The van der Waals surface area contributed by atoms with Gasteiger partial charge in [0.15, 0.2) is 6.04 Å². The van der Waals surface area contributed by atoms with Crippen molar-refractivity contribution in [1.82, 2.24) is 4.90 Å². The third kappa shape index (κ3) is 2.02. The Balaban J connectivity index is 2.68. The average molecular weight is 203 g/mol. The number of likely N-dealkylation sites (tertiary alicyclic amines) is 1. The zero-order valence-corrected chi connectivity index (χ0v) is 7.59. The summed E-state index contributed by atoms with van der Waals surface area (Å²) < 4.78 is 0. The minimum Gasteiger partial charge on any atom is -0.480 e. The molecule has 1 saturated heterocycles. The lowest BCUT2D eigenvalue weighted by Crippen LogP contribution is -2.44. The predicted molar refractivity (Wildman–Crippen MR) is 45.4 cm³/mol. The van der Waals surface area contributed by atoms with Gasteiger partial charge in [-0.1, -0.05) is 0 Å². The van der Waals surface area contributed by atoms with E-state index < -0.39 is 18.6 Å². The third-order valence-electron chi connectivity index (χ3n) is 2.33. The number of carboxylic acids is 1. The fourth-order valence-corrected chi connectivity index (χ4v) is 1.54. The molecule has 0 saturated carbocycles. The second kappa shape index (κ2) is 4.39. The molecule has 0 bridgehead atoms. The van der Waals surface area contributed by atoms with Crippen LogP contribution < -0.4 is 0 Å². The molecular formula is C8H13NO5. The number of aliphatic carboxylic acids is 1. The van der Waals surface area contributed by atoms with E-state index in [-0.39, 0.29) is 31.4 Å². The van der Waals surface area contributed by atoms with Gasteiger partial charge >= 0.3 is 5.97 Å². The first kappa shape index (κ1) is 10.9. The van der Waals surface area contributed by atoms with Crippen LogP contribution >= 0.6 is 0 Å². The van der Waals surface area contributed by atoms with Gasteiger partial charge < -0.3 is 20.2 Å². The van der Waals surface area contributed by atoms with Crippen LogP contribution in [0.1, 0.15) is 6.42 Å². The predicted octanol–water partition coefficient (Wildman–Crippen LogP) is -1.73. The summed E-state index contributed by atoms with van der Waals surface area (Å²) >= 11 is 0. The quantitative estimate of drug-likeness (QED) is 0.504. The maximum atomic E-state index is 11.3. The number of aliphatic hydroxyl groups excluding tert-OH is 2. The Labute approximate surface area is 80.8 Å². The number of amides is 1. The highest BCUT2D eigenvalue weighted by molar-refractivity contribution is 5.85. The molecule has 2 unspecified atom stereocenters. The lowest BCUT2D eigenvalue weighted by Gasteiger charge is -2.22. The number of carboxylic acid groups (broad SMARTS) is 1. The van der Waals surface area contributed by atoms with Crippen molar-refractivity contribution >= 4 is 11.9 Å². The van der Waals surface area contributed by atoms with Gasteiger partial charge in [0.05, 0.1) is 6.61 Å². The second-order valence-corrected chi connectivity index (χ2v) is 3.34. The Morgan fingerprint density at radius 3 is 2.57 bits per heavy atom. The first-order chi connectivity index (χ1) is 6.60. The minimum atomic E-state index is -1.22. The van der Waals surface area contributed by atoms with Gasteiger partial charge in [-0.2, -0.15) is 0 Å². The average Bonchev–Trinajstić information content (AvgIpc) is 2.48. The SMILES string of the molecule is O=C(O)C(CO)N1CC(CO)CC1=O. The van der Waals surface area contributed by atoms with Crippen molar-refractivity contribution < 1.29 is 24.9 Å². The lowest BCUT2D eigenvalue weighted by atomic mass is 10.1. The molecule has 1 rings (SSSR count). The summed E-state index contributed by atoms with van der Waals surface area (Å²) in [4.78, 5) is 23.0. The van der Waals surface area contributed by atoms with Gasteiger partial charge in [0.2, 0.25) is 5.91 Å². The molecule has 3 N–H and O–H groups in total. The van der Waals surface area contributed by atoms with Crippen molar-refractivity contribution in [2.75, 3.05) is 19.8 Å². The first-order valence-electron chi connectivity index (χ1n) is 4.34. The second-order valence-electron chi connectivity index (χ2n) is 3.34. The van der Waals surface area contributed by atoms with Crippen molar-refractivity contribution in [1.29, 1.82) is 0 Å². The van der Waals surface area contributed by atoms with Crippen LogP contribution in [0, 0.1) is 5.92 Å². The van der Waals surface area contributed by atoms with Gasteiger partial charge in [-0.05, 0) is 0 Å². The van der Waals surface area contributed by atoms with Crippen LogP contribution in [-0.2, 0) is 9.59 Å². The summed E-state index contributed by atoms with van der Waals surface area (Å²) in [7, 11) is 0. The Morgan fingerprint density at radius 1 is 1.57 bits per heavy atom. The zero-order chi connectivity index (χ0) is 10.7. The van der Waals surface area contributed by atoms with E-state index in [4.69, 9.17) is 15.3 Å². The molecule has 1 aliphatic heterocycles. The number of aliphatic hydroxyl groups is 2. The van der Waals surface area contributed by atoms with Gasteiger partial charge in [-0.15, -0.1) is 0 Å². The van der Waals surface area contributed by atoms with Gasteiger partial charge in [-0.25, -0.2) is 4.79 Å². The standard InChI is InChI=1S/C8H13NO5/c10-3-5-1-7(12)9(2-5)6(4-11)8(13)14/h5-6,10-11H,1-4H2,(H,13,14). The summed E-state index contributed by atoms with van der Waals surface area (Å²) in [6, 6.07) is -1.18. The molecule has 0 aromatic carbocycles. The molecule has 0 aromatic heterocycles. The first-order valence-corrected chi connectivity index (χ1v) is 4.34. The van der Waals surface area contributed by atoms with E-state index in [0.717, 1.165) is 4.90 Å². The lowest BCUT2D eigenvalue weighted by molar-refractivity contribution is -0.150. The van der Waals surface area contributed by atoms with Crippen molar-refractivity contribution in [3.63, 3.8) is 0 Å². The normalized spacial score (nSPS) is 24.0. The van der Waals surface area contributed by atoms with E-state index in [1.54, 1.807) is 0 Å². The molecular weight excluding hydrogens is 190 g/mol. The molecule has 0 radical (unpaired) electrons. The number of nitrogens with zero attached hydrogens (tertiary/aromatic N) is 1. The van der Waals surface area contributed by atoms with Crippen molar-refractivity contribution in [3.8, 4) is 0 Å². The molecule has 1 amide bonds. The molecule has 0 spiro atoms. The van der Waals surface area contributed by atoms with Gasteiger partial charge in [0.25, 0.3) is 0 Å².